The van der Waals surface area contributed by atoms with Gasteiger partial charge in [-0.05, 0) is 22.0 Å². The molecule has 3 rings (SSSR count). The number of nitrogen functional groups attached to an aromatic ring is 1. The van der Waals surface area contributed by atoms with Crippen molar-refractivity contribution in [2.45, 2.75) is 0 Å². The van der Waals surface area contributed by atoms with Crippen molar-refractivity contribution in [1.29, 1.82) is 0 Å². The molecule has 1 aliphatic rings. The summed E-state index contributed by atoms with van der Waals surface area (Å²) in [5, 5.41) is 3.94. The number of benzene rings is 1. The topological polar surface area (TPSA) is 88.5 Å². The molecule has 10 heteroatoms. The molecule has 1 aliphatic heterocycles. The maximum atomic E-state index is 6.21. The second-order valence-corrected chi connectivity index (χ2v) is 5.92. The first kappa shape index (κ1) is 13.7. The van der Waals surface area contributed by atoms with Crippen LogP contribution < -0.4 is 11.1 Å². The van der Waals surface area contributed by atoms with E-state index in [1.807, 2.05) is 0 Å². The zero-order chi connectivity index (χ0) is 14.3. The van der Waals surface area contributed by atoms with Crippen molar-refractivity contribution in [3.63, 3.8) is 0 Å². The fourth-order valence-corrected chi connectivity index (χ4v) is 3.03. The van der Waals surface area contributed by atoms with Crippen molar-refractivity contribution in [1.82, 2.24) is 9.97 Å². The molecule has 0 spiro atoms. The lowest BCUT2D eigenvalue weighted by Gasteiger charge is -2.12. The van der Waals surface area contributed by atoms with Gasteiger partial charge in [-0.25, -0.2) is 4.98 Å². The Bertz CT molecular complexity index is 790. The van der Waals surface area contributed by atoms with E-state index in [2.05, 4.69) is 39.9 Å². The van der Waals surface area contributed by atoms with Gasteiger partial charge in [0, 0.05) is 6.20 Å². The number of nitrogens with two attached hydrogens (primary N) is 1. The van der Waals surface area contributed by atoms with Crippen molar-refractivity contribution < 1.29 is 0 Å². The Kier molecular flexibility index (Phi) is 3.63. The molecule has 6 nitrogen and oxygen atoms in total. The van der Waals surface area contributed by atoms with Crippen LogP contribution in [0.15, 0.2) is 25.5 Å². The van der Waals surface area contributed by atoms with Gasteiger partial charge in [0.2, 0.25) is 5.95 Å². The van der Waals surface area contributed by atoms with E-state index in [4.69, 9.17) is 28.9 Å². The van der Waals surface area contributed by atoms with Crippen LogP contribution >= 0.6 is 39.1 Å². The van der Waals surface area contributed by atoms with Crippen LogP contribution in [0, 0.1) is 0 Å². The lowest BCUT2D eigenvalue weighted by atomic mass is 10.2. The predicted molar refractivity (Wildman–Crippen MR) is 85.4 cm³/mol. The maximum absolute atomic E-state index is 6.21. The summed E-state index contributed by atoms with van der Waals surface area (Å²) in [7, 11) is 0. The smallest absolute Gasteiger partial charge is 0.222 e. The van der Waals surface area contributed by atoms with E-state index in [0.29, 0.717) is 37.4 Å². The SMILES string of the molecule is Nc1ncc(Br)c(Nc2c(Cl)cc(Cl)c3c2N=S=N3)n1. The number of nitrogens with one attached hydrogen (secondary N) is 1. The highest BCUT2D eigenvalue weighted by Crippen LogP contribution is 2.48. The summed E-state index contributed by atoms with van der Waals surface area (Å²) in [6, 6.07) is 1.60. The van der Waals surface area contributed by atoms with Crippen LogP contribution in [0.25, 0.3) is 0 Å². The third-order valence-electron chi connectivity index (χ3n) is 2.45. The number of fused-ring (bicyclic) bond motifs is 1. The van der Waals surface area contributed by atoms with Gasteiger partial charge in [-0.3, -0.25) is 0 Å². The summed E-state index contributed by atoms with van der Waals surface area (Å²) in [6.45, 7) is 0. The minimum atomic E-state index is 0.147. The maximum Gasteiger partial charge on any atom is 0.222 e. The molecule has 0 amide bonds. The van der Waals surface area contributed by atoms with Crippen molar-refractivity contribution in [2.75, 3.05) is 11.1 Å². The quantitative estimate of drug-likeness (QED) is 0.668. The first-order valence-corrected chi connectivity index (χ1v) is 7.49. The summed E-state index contributed by atoms with van der Waals surface area (Å²) >= 11 is 16.7. The minimum absolute atomic E-state index is 0.147. The van der Waals surface area contributed by atoms with E-state index in [1.165, 1.54) is 0 Å². The van der Waals surface area contributed by atoms with Crippen LogP contribution in [0.3, 0.4) is 0 Å². The van der Waals surface area contributed by atoms with Crippen LogP contribution in [0.4, 0.5) is 28.8 Å². The van der Waals surface area contributed by atoms with Crippen LogP contribution in [-0.4, -0.2) is 9.97 Å². The van der Waals surface area contributed by atoms with Crippen molar-refractivity contribution in [3.05, 3.63) is 26.8 Å². The molecule has 1 aromatic heterocycles. The Morgan fingerprint density at radius 1 is 1.20 bits per heavy atom. The summed E-state index contributed by atoms with van der Waals surface area (Å²) in [4.78, 5) is 7.96. The van der Waals surface area contributed by atoms with Crippen LogP contribution in [0.5, 0.6) is 0 Å². The number of aromatic nitrogens is 2. The zero-order valence-corrected chi connectivity index (χ0v) is 13.5. The highest BCUT2D eigenvalue weighted by atomic mass is 79.9. The molecule has 1 aromatic carbocycles. The molecule has 102 valence electrons. The minimum Gasteiger partial charge on any atom is -0.368 e. The second-order valence-electron chi connectivity index (χ2n) is 3.73. The zero-order valence-electron chi connectivity index (χ0n) is 9.56. The van der Waals surface area contributed by atoms with E-state index < -0.39 is 0 Å². The third-order valence-corrected chi connectivity index (χ3v) is 4.14. The lowest BCUT2D eigenvalue weighted by Crippen LogP contribution is -2.01. The molecule has 0 aliphatic carbocycles. The van der Waals surface area contributed by atoms with E-state index in [1.54, 1.807) is 12.3 Å². The van der Waals surface area contributed by atoms with Gasteiger partial charge >= 0.3 is 0 Å². The number of anilines is 3. The Morgan fingerprint density at radius 3 is 2.75 bits per heavy atom. The van der Waals surface area contributed by atoms with E-state index in [0.717, 1.165) is 11.4 Å². The molecule has 0 unspecified atom stereocenters. The highest BCUT2D eigenvalue weighted by molar-refractivity contribution is 9.10. The Balaban J connectivity index is 2.11. The Labute approximate surface area is 135 Å². The van der Waals surface area contributed by atoms with Gasteiger partial charge in [0.25, 0.3) is 0 Å². The molecule has 0 radical (unpaired) electrons. The molecule has 0 atom stereocenters. The van der Waals surface area contributed by atoms with E-state index in [9.17, 15) is 0 Å². The number of hydrogen-bond acceptors (Lipinski definition) is 6. The fraction of sp³-hybridized carbons (Fsp3) is 0. The normalized spacial score (nSPS) is 12.2. The summed E-state index contributed by atoms with van der Waals surface area (Å²) < 4.78 is 8.98. The van der Waals surface area contributed by atoms with Gasteiger partial charge in [0.05, 0.1) is 31.6 Å². The largest absolute Gasteiger partial charge is 0.368 e. The van der Waals surface area contributed by atoms with Crippen molar-refractivity contribution in [2.24, 2.45) is 8.73 Å². The van der Waals surface area contributed by atoms with Gasteiger partial charge in [-0.15, -0.1) is 0 Å². The average molecular weight is 392 g/mol. The van der Waals surface area contributed by atoms with Crippen molar-refractivity contribution >= 4 is 79.3 Å². The van der Waals surface area contributed by atoms with Crippen molar-refractivity contribution in [3.8, 4) is 0 Å². The first-order chi connectivity index (χ1) is 9.56. The number of halogens is 3. The highest BCUT2D eigenvalue weighted by Gasteiger charge is 2.19. The molecule has 2 heterocycles. The second kappa shape index (κ2) is 5.28. The summed E-state index contributed by atoms with van der Waals surface area (Å²) in [5.41, 5.74) is 7.31. The van der Waals surface area contributed by atoms with Gasteiger partial charge in [-0.2, -0.15) is 13.7 Å². The Hall–Kier alpha value is -1.22. The molecular weight excluding hydrogens is 387 g/mol. The van der Waals surface area contributed by atoms with Gasteiger partial charge in [-0.1, -0.05) is 23.2 Å². The van der Waals surface area contributed by atoms with E-state index >= 15 is 0 Å². The molecule has 2 aromatic rings. The summed E-state index contributed by atoms with van der Waals surface area (Å²) in [6.07, 6.45) is 1.55. The number of rotatable bonds is 2. The fourth-order valence-electron chi connectivity index (χ4n) is 1.58. The van der Waals surface area contributed by atoms with Crippen LogP contribution in [0.1, 0.15) is 0 Å². The lowest BCUT2D eigenvalue weighted by molar-refractivity contribution is 1.17. The molecule has 0 saturated carbocycles. The molecule has 20 heavy (non-hydrogen) atoms. The standard InChI is InChI=1S/C10H5BrCl2N6S/c11-3-2-15-10(14)17-9(3)16-6-4(12)1-5(13)7-8(6)19-20-18-7/h1-2H,(H3,14,15,16,17). The Morgan fingerprint density at radius 2 is 1.95 bits per heavy atom. The number of hydrogen-bond donors (Lipinski definition) is 2. The van der Waals surface area contributed by atoms with E-state index in [-0.39, 0.29) is 5.95 Å². The van der Waals surface area contributed by atoms with Gasteiger partial charge in [0.1, 0.15) is 17.2 Å². The van der Waals surface area contributed by atoms with Crippen LogP contribution in [0.2, 0.25) is 10.0 Å². The average Bonchev–Trinajstić information content (AvgIpc) is 2.88. The number of nitrogens with zero attached hydrogens (tertiary/aromatic N) is 4. The monoisotopic (exact) mass is 390 g/mol. The predicted octanol–water partition coefficient (Wildman–Crippen LogP) is 4.60. The molecule has 0 bridgehead atoms. The van der Waals surface area contributed by atoms with Gasteiger partial charge < -0.3 is 11.1 Å². The molecular formula is C10H5BrCl2N6S. The summed E-state index contributed by atoms with van der Waals surface area (Å²) in [5.74, 6) is 0.629. The van der Waals surface area contributed by atoms with Gasteiger partial charge in [0.15, 0.2) is 0 Å². The first-order valence-electron chi connectivity index (χ1n) is 5.21. The third kappa shape index (κ3) is 2.39. The molecule has 3 N–H and O–H groups in total. The molecule has 0 fully saturated rings. The molecule has 0 saturated heterocycles. The van der Waals surface area contributed by atoms with Crippen LogP contribution in [-0.2, 0) is 11.4 Å².